The van der Waals surface area contributed by atoms with Gasteiger partial charge in [0, 0.05) is 85.2 Å². The Morgan fingerprint density at radius 1 is 0.910 bits per heavy atom. The van der Waals surface area contributed by atoms with E-state index in [2.05, 4.69) is 61.8 Å². The lowest BCUT2D eigenvalue weighted by Crippen LogP contribution is -2.58. The molecule has 3 saturated heterocycles. The van der Waals surface area contributed by atoms with Gasteiger partial charge in [0.25, 0.3) is 0 Å². The van der Waals surface area contributed by atoms with Crippen molar-refractivity contribution in [3.05, 3.63) is 126 Å². The largest absolute Gasteiger partial charge is 0.507 e. The minimum atomic E-state index is -1.09. The number of rotatable bonds is 13. The van der Waals surface area contributed by atoms with Crippen LogP contribution in [0.3, 0.4) is 0 Å². The van der Waals surface area contributed by atoms with Gasteiger partial charge in [0.2, 0.25) is 17.6 Å². The molecule has 78 heavy (non-hydrogen) atoms. The van der Waals surface area contributed by atoms with Crippen molar-refractivity contribution >= 4 is 29.2 Å². The van der Waals surface area contributed by atoms with Gasteiger partial charge in [0.05, 0.1) is 29.2 Å². The fraction of sp³-hybridized carbons (Fsp3) is 0.483. The van der Waals surface area contributed by atoms with Crippen LogP contribution in [-0.2, 0) is 15.4 Å². The van der Waals surface area contributed by atoms with Crippen LogP contribution in [0.5, 0.6) is 5.75 Å². The molecule has 4 aliphatic heterocycles. The van der Waals surface area contributed by atoms with Crippen LogP contribution in [0.4, 0.5) is 21.8 Å². The Hall–Kier alpha value is -7.02. The van der Waals surface area contributed by atoms with E-state index >= 15 is 0 Å². The van der Waals surface area contributed by atoms with Gasteiger partial charge in [-0.05, 0) is 125 Å². The van der Waals surface area contributed by atoms with Gasteiger partial charge in [-0.3, -0.25) is 4.79 Å². The molecular weight excluding hydrogens is 988 g/mol. The number of nitrogens with zero attached hydrogens (tertiary/aromatic N) is 10. The average molecular weight is 1060 g/mol. The van der Waals surface area contributed by atoms with E-state index in [1.165, 1.54) is 24.5 Å². The number of phenolic OH excluding ortho intramolecular Hbond substituents is 1. The van der Waals surface area contributed by atoms with Gasteiger partial charge >= 0.3 is 0 Å². The maximum Gasteiger partial charge on any atom is 0.234 e. The lowest BCUT2D eigenvalue weighted by molar-refractivity contribution is -0.134. The Morgan fingerprint density at radius 3 is 2.33 bits per heavy atom. The monoisotopic (exact) mass is 1060 g/mol. The highest BCUT2D eigenvalue weighted by Crippen LogP contribution is 2.63. The molecule has 1 spiro atoms. The molecule has 7 heterocycles. The summed E-state index contributed by atoms with van der Waals surface area (Å²) in [6.45, 7) is 14.0. The topological polar surface area (TPSA) is 208 Å². The fourth-order valence-corrected chi connectivity index (χ4v) is 13.8. The summed E-state index contributed by atoms with van der Waals surface area (Å²) in [7, 11) is 0. The van der Waals surface area contributed by atoms with Crippen LogP contribution >= 0.6 is 0 Å². The minimum Gasteiger partial charge on any atom is -0.507 e. The number of phenols is 1. The number of carbonyl (C=O) groups excluding carboxylic acids is 1. The van der Waals surface area contributed by atoms with Crippen molar-refractivity contribution < 1.29 is 28.8 Å². The van der Waals surface area contributed by atoms with Crippen LogP contribution in [0.15, 0.2) is 107 Å². The van der Waals surface area contributed by atoms with Gasteiger partial charge in [0.1, 0.15) is 29.1 Å². The highest BCUT2D eigenvalue weighted by atomic mass is 19.1. The number of aromatic nitrogens is 5. The number of aliphatic hydroxyl groups is 1. The van der Waals surface area contributed by atoms with Gasteiger partial charge in [-0.25, -0.2) is 29.7 Å². The van der Waals surface area contributed by atoms with E-state index in [0.29, 0.717) is 70.5 Å². The van der Waals surface area contributed by atoms with Crippen molar-refractivity contribution in [1.82, 2.24) is 40.6 Å². The number of para-hydroxylation sites is 1. The molecule has 2 saturated carbocycles. The fourth-order valence-electron chi connectivity index (χ4n) is 13.8. The zero-order valence-electron chi connectivity index (χ0n) is 45.2. The molecule has 0 radical (unpaired) electrons. The standard InChI is InChI=1S/C60H71FN12O5/c1-6-42-33-71(50-24-49(66-67-55(50)62)46-12-8-10-14-52(46)75)32-36(4)73(42)58-63-30-40(31-64-58)37-19-21-70(22-20-37)43-28-60(29-43)26-39(27-60)48-25-53(77-68-48)54(35(2)3)57(76)72-34-44(74)23-51(72)56-65-59(5,78-69-56)41-17-15-38(16-18-41)45-11-7-9-13-47(45)61/h7-18,24-25,30-31,35-37,39,42-44,51,54,74-75H,6,19-23,26-29,32-34H2,1-5H3,(H2,62,67)(H,65,69)/t36?,39?,42?,43?,44-,51+,54-,59+,60?/m1/s1. The van der Waals surface area contributed by atoms with Crippen molar-refractivity contribution in [1.29, 1.82) is 0 Å². The second-order valence-electron chi connectivity index (χ2n) is 23.5. The van der Waals surface area contributed by atoms with Crippen LogP contribution in [0, 0.1) is 17.2 Å². The number of hydroxylamine groups is 1. The molecule has 408 valence electrons. The normalized spacial score (nSPS) is 27.9. The SMILES string of the molecule is CCC1CN(c2cc(-c3ccccc3O)nnc2N)CC(C)N1c1ncc(C2CCN(C3CC4(CC(c5cc([C@H](C(=O)N6C[C@H](O)C[C@H]6C6=N[C@](C)(c7ccc(-c8ccccc8F)cc7)ON6)C(C)C)on5)C4)C3)CC2)cn1. The lowest BCUT2D eigenvalue weighted by atomic mass is 9.49. The van der Waals surface area contributed by atoms with Crippen molar-refractivity contribution in [2.45, 2.75) is 140 Å². The summed E-state index contributed by atoms with van der Waals surface area (Å²) in [6.07, 6.45) is 11.3. The number of amides is 1. The Bertz CT molecular complexity index is 3170. The molecule has 18 heteroatoms. The number of carbonyl (C=O) groups is 1. The molecule has 2 aliphatic carbocycles. The second kappa shape index (κ2) is 20.7. The Balaban J connectivity index is 0.623. The highest BCUT2D eigenvalue weighted by Gasteiger charge is 2.55. The summed E-state index contributed by atoms with van der Waals surface area (Å²) in [5.74, 6) is 1.94. The van der Waals surface area contributed by atoms with E-state index in [0.717, 1.165) is 80.2 Å². The van der Waals surface area contributed by atoms with Crippen LogP contribution in [-0.4, -0.2) is 120 Å². The number of halogens is 1. The summed E-state index contributed by atoms with van der Waals surface area (Å²) >= 11 is 0. The number of anilines is 3. The molecule has 3 aromatic heterocycles. The quantitative estimate of drug-likeness (QED) is 0.0852. The average Bonchev–Trinajstić information content (AvgIpc) is 4.27. The molecule has 17 nitrogen and oxygen atoms in total. The van der Waals surface area contributed by atoms with Crippen LogP contribution in [0.1, 0.15) is 126 Å². The number of aliphatic imine (C=N–C) groups is 1. The molecule has 6 aromatic rings. The van der Waals surface area contributed by atoms with Crippen molar-refractivity contribution in [3.63, 3.8) is 0 Å². The molecule has 2 unspecified atom stereocenters. The van der Waals surface area contributed by atoms with E-state index in [9.17, 15) is 19.4 Å². The number of nitrogens with one attached hydrogen (secondary N) is 1. The zero-order chi connectivity index (χ0) is 54.0. The molecule has 5 N–H and O–H groups in total. The van der Waals surface area contributed by atoms with E-state index in [1.807, 2.05) is 75.4 Å². The number of nitrogens with two attached hydrogens (primary N) is 1. The smallest absolute Gasteiger partial charge is 0.234 e. The summed E-state index contributed by atoms with van der Waals surface area (Å²) < 4.78 is 20.6. The number of hydrogen-bond donors (Lipinski definition) is 4. The van der Waals surface area contributed by atoms with Gasteiger partial charge in [0.15, 0.2) is 5.82 Å². The maximum absolute atomic E-state index is 14.6. The molecular formula is C60H71FN12O5. The number of nitrogen functional groups attached to an aromatic ring is 1. The van der Waals surface area contributed by atoms with Crippen LogP contribution in [0.25, 0.3) is 22.4 Å². The number of piperidine rings is 1. The molecule has 3 aromatic carbocycles. The maximum atomic E-state index is 14.6. The van der Waals surface area contributed by atoms with Gasteiger partial charge in [-0.1, -0.05) is 80.5 Å². The number of aliphatic hydroxyl groups excluding tert-OH is 1. The van der Waals surface area contributed by atoms with E-state index in [4.69, 9.17) is 30.1 Å². The van der Waals surface area contributed by atoms with E-state index in [1.54, 1.807) is 29.2 Å². The Kier molecular flexibility index (Phi) is 13.7. The summed E-state index contributed by atoms with van der Waals surface area (Å²) in [5.41, 5.74) is 14.8. The van der Waals surface area contributed by atoms with Gasteiger partial charge in [-0.15, -0.1) is 10.2 Å². The number of hydrogen-bond acceptors (Lipinski definition) is 16. The van der Waals surface area contributed by atoms with E-state index < -0.39 is 23.8 Å². The first kappa shape index (κ1) is 51.7. The van der Waals surface area contributed by atoms with Crippen molar-refractivity contribution in [2.75, 3.05) is 48.3 Å². The number of β-amino-alcohol motifs (C(OH)–C–C–N with tert-alkyl or cyclic N) is 1. The van der Waals surface area contributed by atoms with Crippen molar-refractivity contribution in [2.24, 2.45) is 16.3 Å². The molecule has 0 bridgehead atoms. The predicted molar refractivity (Wildman–Crippen MR) is 296 cm³/mol. The third kappa shape index (κ3) is 9.63. The number of likely N-dealkylation sites (tertiary alicyclic amines) is 2. The third-order valence-electron chi connectivity index (χ3n) is 18.1. The summed E-state index contributed by atoms with van der Waals surface area (Å²) in [4.78, 5) is 44.7. The lowest BCUT2D eigenvalue weighted by Gasteiger charge is -2.60. The first-order chi connectivity index (χ1) is 37.7. The summed E-state index contributed by atoms with van der Waals surface area (Å²) in [6, 6.07) is 25.5. The first-order valence-corrected chi connectivity index (χ1v) is 28.0. The van der Waals surface area contributed by atoms with E-state index in [-0.39, 0.29) is 42.0 Å². The Morgan fingerprint density at radius 2 is 1.63 bits per heavy atom. The Labute approximate surface area is 455 Å². The van der Waals surface area contributed by atoms with Crippen LogP contribution < -0.4 is 21.0 Å². The second-order valence-corrected chi connectivity index (χ2v) is 23.5. The van der Waals surface area contributed by atoms with Gasteiger partial charge < -0.3 is 40.1 Å². The molecule has 6 atom stereocenters. The van der Waals surface area contributed by atoms with Gasteiger partial charge in [-0.2, -0.15) is 0 Å². The third-order valence-corrected chi connectivity index (χ3v) is 18.1. The molecule has 1 amide bonds. The highest BCUT2D eigenvalue weighted by molar-refractivity contribution is 5.94. The summed E-state index contributed by atoms with van der Waals surface area (Å²) in [5, 5.41) is 34.6. The molecule has 5 fully saturated rings. The number of amidine groups is 1. The number of aromatic hydroxyl groups is 1. The molecule has 6 aliphatic rings. The van der Waals surface area contributed by atoms with Crippen molar-refractivity contribution in [3.8, 4) is 28.1 Å². The predicted octanol–water partition coefficient (Wildman–Crippen LogP) is 8.92. The minimum absolute atomic E-state index is 0.0859. The first-order valence-electron chi connectivity index (χ1n) is 28.0. The van der Waals surface area contributed by atoms with Crippen LogP contribution in [0.2, 0.25) is 0 Å². The molecule has 12 rings (SSSR count). The number of piperazine rings is 1. The number of benzene rings is 3. The zero-order valence-corrected chi connectivity index (χ0v) is 45.2.